The van der Waals surface area contributed by atoms with Gasteiger partial charge in [-0.15, -0.1) is 0 Å². The van der Waals surface area contributed by atoms with E-state index in [1.807, 2.05) is 11.8 Å². The van der Waals surface area contributed by atoms with Gasteiger partial charge in [0.05, 0.1) is 0 Å². The molecule has 0 aliphatic carbocycles. The van der Waals surface area contributed by atoms with Crippen LogP contribution in [0.1, 0.15) is 46.0 Å². The zero-order valence-corrected chi connectivity index (χ0v) is 10.8. The van der Waals surface area contributed by atoms with Crippen molar-refractivity contribution in [2.75, 3.05) is 18.6 Å². The quantitative estimate of drug-likeness (QED) is 0.597. The standard InChI is InChI=1S/C12H26OS/c1-4-5-6-7-12(10-13)11(2)8-9-14-3/h11-13H,4-10H2,1-3H3. The van der Waals surface area contributed by atoms with Gasteiger partial charge in [-0.25, -0.2) is 0 Å². The number of aliphatic hydroxyl groups excluding tert-OH is 1. The van der Waals surface area contributed by atoms with Crippen LogP contribution in [0.15, 0.2) is 0 Å². The van der Waals surface area contributed by atoms with Gasteiger partial charge in [0.25, 0.3) is 0 Å². The first-order chi connectivity index (χ1) is 6.76. The van der Waals surface area contributed by atoms with Gasteiger partial charge in [0, 0.05) is 6.61 Å². The number of unbranched alkanes of at least 4 members (excludes halogenated alkanes) is 2. The molecule has 2 atom stereocenters. The lowest BCUT2D eigenvalue weighted by molar-refractivity contribution is 0.169. The van der Waals surface area contributed by atoms with Crippen LogP contribution in [0, 0.1) is 11.8 Å². The average molecular weight is 218 g/mol. The topological polar surface area (TPSA) is 20.2 Å². The Bertz CT molecular complexity index is 117. The number of rotatable bonds is 9. The summed E-state index contributed by atoms with van der Waals surface area (Å²) in [7, 11) is 0. The van der Waals surface area contributed by atoms with Gasteiger partial charge in [0.15, 0.2) is 0 Å². The molecule has 86 valence electrons. The lowest BCUT2D eigenvalue weighted by atomic mass is 9.88. The van der Waals surface area contributed by atoms with Gasteiger partial charge >= 0.3 is 0 Å². The molecule has 0 amide bonds. The van der Waals surface area contributed by atoms with Crippen LogP contribution >= 0.6 is 11.8 Å². The van der Waals surface area contributed by atoms with Crippen molar-refractivity contribution in [3.8, 4) is 0 Å². The lowest BCUT2D eigenvalue weighted by Crippen LogP contribution is -2.16. The number of hydrogen-bond donors (Lipinski definition) is 1. The molecular weight excluding hydrogens is 192 g/mol. The predicted molar refractivity (Wildman–Crippen MR) is 66.9 cm³/mol. The minimum Gasteiger partial charge on any atom is -0.396 e. The monoisotopic (exact) mass is 218 g/mol. The van der Waals surface area contributed by atoms with Gasteiger partial charge in [-0.2, -0.15) is 11.8 Å². The van der Waals surface area contributed by atoms with E-state index in [0.717, 1.165) is 0 Å². The number of thioether (sulfide) groups is 1. The van der Waals surface area contributed by atoms with Crippen LogP contribution in [-0.2, 0) is 0 Å². The fraction of sp³-hybridized carbons (Fsp3) is 1.00. The Balaban J connectivity index is 3.62. The van der Waals surface area contributed by atoms with E-state index in [2.05, 4.69) is 20.1 Å². The normalized spacial score (nSPS) is 15.4. The molecule has 0 saturated heterocycles. The molecular formula is C12H26OS. The fourth-order valence-electron chi connectivity index (χ4n) is 1.75. The summed E-state index contributed by atoms with van der Waals surface area (Å²) in [6, 6.07) is 0. The SMILES string of the molecule is CCCCCC(CO)C(C)CCSC. The molecule has 1 N–H and O–H groups in total. The third-order valence-electron chi connectivity index (χ3n) is 3.00. The van der Waals surface area contributed by atoms with E-state index in [9.17, 15) is 5.11 Å². The minimum absolute atomic E-state index is 0.374. The third-order valence-corrected chi connectivity index (χ3v) is 3.64. The highest BCUT2D eigenvalue weighted by molar-refractivity contribution is 7.98. The summed E-state index contributed by atoms with van der Waals surface area (Å²) >= 11 is 1.90. The van der Waals surface area contributed by atoms with Crippen LogP contribution < -0.4 is 0 Å². The van der Waals surface area contributed by atoms with Gasteiger partial charge < -0.3 is 5.11 Å². The molecule has 0 spiro atoms. The van der Waals surface area contributed by atoms with Crippen molar-refractivity contribution in [2.45, 2.75) is 46.0 Å². The highest BCUT2D eigenvalue weighted by Crippen LogP contribution is 2.22. The highest BCUT2D eigenvalue weighted by atomic mass is 32.2. The molecule has 0 aromatic carbocycles. The molecule has 0 radical (unpaired) electrons. The molecule has 0 bridgehead atoms. The highest BCUT2D eigenvalue weighted by Gasteiger charge is 2.15. The van der Waals surface area contributed by atoms with Gasteiger partial charge in [-0.1, -0.05) is 33.1 Å². The van der Waals surface area contributed by atoms with Crippen molar-refractivity contribution < 1.29 is 5.11 Å². The minimum atomic E-state index is 0.374. The summed E-state index contributed by atoms with van der Waals surface area (Å²) in [4.78, 5) is 0. The van der Waals surface area contributed by atoms with Crippen LogP contribution in [0.5, 0.6) is 0 Å². The third kappa shape index (κ3) is 6.72. The van der Waals surface area contributed by atoms with Crippen LogP contribution in [0.3, 0.4) is 0 Å². The maximum Gasteiger partial charge on any atom is 0.0461 e. The van der Waals surface area contributed by atoms with Crippen molar-refractivity contribution >= 4 is 11.8 Å². The first kappa shape index (κ1) is 14.3. The van der Waals surface area contributed by atoms with Crippen molar-refractivity contribution in [1.29, 1.82) is 0 Å². The Kier molecular flexibility index (Phi) is 10.1. The molecule has 0 aromatic heterocycles. The number of aliphatic hydroxyl groups is 1. The second kappa shape index (κ2) is 9.85. The maximum atomic E-state index is 9.29. The van der Waals surface area contributed by atoms with Crippen LogP contribution in [0.25, 0.3) is 0 Å². The largest absolute Gasteiger partial charge is 0.396 e. The van der Waals surface area contributed by atoms with E-state index in [1.165, 1.54) is 37.9 Å². The first-order valence-electron chi connectivity index (χ1n) is 5.86. The van der Waals surface area contributed by atoms with E-state index in [0.29, 0.717) is 18.4 Å². The molecule has 0 rings (SSSR count). The molecule has 2 unspecified atom stereocenters. The molecule has 0 fully saturated rings. The second-order valence-corrected chi connectivity index (χ2v) is 5.18. The Morgan fingerprint density at radius 3 is 2.43 bits per heavy atom. The average Bonchev–Trinajstić information content (AvgIpc) is 2.21. The van der Waals surface area contributed by atoms with E-state index >= 15 is 0 Å². The van der Waals surface area contributed by atoms with E-state index in [1.54, 1.807) is 0 Å². The van der Waals surface area contributed by atoms with E-state index in [4.69, 9.17) is 0 Å². The van der Waals surface area contributed by atoms with E-state index in [-0.39, 0.29) is 0 Å². The van der Waals surface area contributed by atoms with Crippen molar-refractivity contribution in [3.05, 3.63) is 0 Å². The number of hydrogen-bond acceptors (Lipinski definition) is 2. The molecule has 2 heteroatoms. The summed E-state index contributed by atoms with van der Waals surface area (Å²) in [6.07, 6.45) is 8.48. The summed E-state index contributed by atoms with van der Waals surface area (Å²) in [6.45, 7) is 4.88. The van der Waals surface area contributed by atoms with Crippen LogP contribution in [0.2, 0.25) is 0 Å². The Morgan fingerprint density at radius 2 is 1.93 bits per heavy atom. The fourth-order valence-corrected chi connectivity index (χ4v) is 2.36. The van der Waals surface area contributed by atoms with Crippen molar-refractivity contribution in [1.82, 2.24) is 0 Å². The molecule has 14 heavy (non-hydrogen) atoms. The zero-order chi connectivity index (χ0) is 10.8. The maximum absolute atomic E-state index is 9.29. The zero-order valence-electron chi connectivity index (χ0n) is 9.96. The molecule has 0 aliphatic heterocycles. The van der Waals surface area contributed by atoms with Crippen LogP contribution in [-0.4, -0.2) is 23.7 Å². The first-order valence-corrected chi connectivity index (χ1v) is 7.25. The van der Waals surface area contributed by atoms with Crippen LogP contribution in [0.4, 0.5) is 0 Å². The van der Waals surface area contributed by atoms with Gasteiger partial charge in [-0.05, 0) is 36.7 Å². The summed E-state index contributed by atoms with van der Waals surface area (Å²) in [5, 5.41) is 9.29. The summed E-state index contributed by atoms with van der Waals surface area (Å²) in [5.74, 6) is 2.45. The van der Waals surface area contributed by atoms with E-state index < -0.39 is 0 Å². The smallest absolute Gasteiger partial charge is 0.0461 e. The van der Waals surface area contributed by atoms with Crippen molar-refractivity contribution in [2.24, 2.45) is 11.8 Å². The predicted octanol–water partition coefficient (Wildman–Crippen LogP) is 3.56. The van der Waals surface area contributed by atoms with Gasteiger partial charge in [-0.3, -0.25) is 0 Å². The Labute approximate surface area is 93.7 Å². The molecule has 0 aromatic rings. The van der Waals surface area contributed by atoms with Crippen molar-refractivity contribution in [3.63, 3.8) is 0 Å². The second-order valence-electron chi connectivity index (χ2n) is 4.20. The molecule has 0 heterocycles. The molecule has 0 aliphatic rings. The lowest BCUT2D eigenvalue weighted by Gasteiger charge is -2.21. The van der Waals surface area contributed by atoms with Gasteiger partial charge in [0.2, 0.25) is 0 Å². The Morgan fingerprint density at radius 1 is 1.21 bits per heavy atom. The molecule has 1 nitrogen and oxygen atoms in total. The van der Waals surface area contributed by atoms with Gasteiger partial charge in [0.1, 0.15) is 0 Å². The molecule has 0 saturated carbocycles. The summed E-state index contributed by atoms with van der Waals surface area (Å²) < 4.78 is 0. The Hall–Kier alpha value is 0.310. The summed E-state index contributed by atoms with van der Waals surface area (Å²) in [5.41, 5.74) is 0.